The zero-order chi connectivity index (χ0) is 15.2. The van der Waals surface area contributed by atoms with Crippen LogP contribution in [0.1, 0.15) is 5.56 Å². The molecule has 0 atom stereocenters. The van der Waals surface area contributed by atoms with Crippen LogP contribution < -0.4 is 19.9 Å². The molecule has 0 aliphatic heterocycles. The molecular formula is C13H20N2O4S. The summed E-state index contributed by atoms with van der Waals surface area (Å²) in [6, 6.07) is 3.08. The first kappa shape index (κ1) is 16.5. The molecule has 0 unspecified atom stereocenters. The van der Waals surface area contributed by atoms with E-state index >= 15 is 0 Å². The largest absolute Gasteiger partial charge is 0.493 e. The van der Waals surface area contributed by atoms with Crippen LogP contribution >= 0.6 is 0 Å². The quantitative estimate of drug-likeness (QED) is 0.727. The zero-order valence-corrected chi connectivity index (χ0v) is 12.7. The predicted octanol–water partition coefficient (Wildman–Crippen LogP) is 0.805. The Labute approximate surface area is 119 Å². The van der Waals surface area contributed by atoms with Gasteiger partial charge < -0.3 is 15.2 Å². The fourth-order valence-electron chi connectivity index (χ4n) is 1.67. The van der Waals surface area contributed by atoms with Crippen molar-refractivity contribution in [2.45, 2.75) is 11.8 Å². The summed E-state index contributed by atoms with van der Waals surface area (Å²) in [6.45, 7) is 2.26. The van der Waals surface area contributed by atoms with Crippen LogP contribution in [0.2, 0.25) is 0 Å². The Morgan fingerprint density at radius 3 is 2.35 bits per heavy atom. The molecule has 0 radical (unpaired) electrons. The molecule has 1 rings (SSSR count). The van der Waals surface area contributed by atoms with Crippen LogP contribution in [-0.2, 0) is 10.0 Å². The van der Waals surface area contributed by atoms with Crippen LogP contribution in [0.15, 0.2) is 29.2 Å². The molecule has 1 aromatic carbocycles. The number of aryl methyl sites for hydroxylation is 1. The predicted molar refractivity (Wildman–Crippen MR) is 77.7 cm³/mol. The summed E-state index contributed by atoms with van der Waals surface area (Å²) in [5.74, 6) is 0.864. The van der Waals surface area contributed by atoms with E-state index in [1.165, 1.54) is 20.3 Å². The van der Waals surface area contributed by atoms with Gasteiger partial charge in [0.25, 0.3) is 0 Å². The van der Waals surface area contributed by atoms with Gasteiger partial charge in [0, 0.05) is 19.2 Å². The van der Waals surface area contributed by atoms with E-state index < -0.39 is 10.0 Å². The van der Waals surface area contributed by atoms with E-state index in [2.05, 4.69) is 4.72 Å². The number of methoxy groups -OCH3 is 2. The summed E-state index contributed by atoms with van der Waals surface area (Å²) in [4.78, 5) is 0.163. The Kier molecular flexibility index (Phi) is 6.00. The van der Waals surface area contributed by atoms with E-state index in [1.807, 2.05) is 0 Å². The molecule has 0 bridgehead atoms. The van der Waals surface area contributed by atoms with E-state index in [0.717, 1.165) is 0 Å². The lowest BCUT2D eigenvalue weighted by Gasteiger charge is -2.13. The molecule has 1 aromatic rings. The Balaban J connectivity index is 3.08. The lowest BCUT2D eigenvalue weighted by Crippen LogP contribution is -2.24. The number of sulfonamides is 1. The van der Waals surface area contributed by atoms with E-state index in [-0.39, 0.29) is 11.4 Å². The average molecular weight is 300 g/mol. The van der Waals surface area contributed by atoms with Crippen LogP contribution in [-0.4, -0.2) is 35.7 Å². The van der Waals surface area contributed by atoms with Crippen LogP contribution in [0.4, 0.5) is 0 Å². The van der Waals surface area contributed by atoms with Gasteiger partial charge in [-0.15, -0.1) is 0 Å². The summed E-state index contributed by atoms with van der Waals surface area (Å²) < 4.78 is 37.2. The lowest BCUT2D eigenvalue weighted by molar-refractivity contribution is 0.353. The molecule has 0 fully saturated rings. The van der Waals surface area contributed by atoms with E-state index in [4.69, 9.17) is 15.2 Å². The normalized spacial score (nSPS) is 11.8. The van der Waals surface area contributed by atoms with Crippen molar-refractivity contribution in [3.05, 3.63) is 29.8 Å². The van der Waals surface area contributed by atoms with Crippen molar-refractivity contribution in [2.75, 3.05) is 27.3 Å². The van der Waals surface area contributed by atoms with Gasteiger partial charge in [-0.05, 0) is 18.6 Å². The molecule has 7 heteroatoms. The first-order chi connectivity index (χ1) is 9.46. The molecule has 3 N–H and O–H groups in total. The smallest absolute Gasteiger partial charge is 0.241 e. The fourth-order valence-corrected chi connectivity index (χ4v) is 2.88. The van der Waals surface area contributed by atoms with Crippen molar-refractivity contribution in [3.8, 4) is 11.5 Å². The van der Waals surface area contributed by atoms with Gasteiger partial charge in [0.1, 0.15) is 0 Å². The number of nitrogens with two attached hydrogens (primary N) is 1. The van der Waals surface area contributed by atoms with Gasteiger partial charge in [-0.3, -0.25) is 0 Å². The third-order valence-corrected chi connectivity index (χ3v) is 4.23. The van der Waals surface area contributed by atoms with E-state index in [1.54, 1.807) is 25.1 Å². The summed E-state index contributed by atoms with van der Waals surface area (Å²) in [7, 11) is -0.646. The van der Waals surface area contributed by atoms with Crippen LogP contribution in [0.5, 0.6) is 11.5 Å². The number of ether oxygens (including phenoxy) is 2. The maximum atomic E-state index is 12.2. The van der Waals surface area contributed by atoms with Crippen LogP contribution in [0.3, 0.4) is 0 Å². The zero-order valence-electron chi connectivity index (χ0n) is 11.8. The molecule has 0 aliphatic carbocycles. The second-order valence-electron chi connectivity index (χ2n) is 4.03. The number of rotatable bonds is 7. The number of benzene rings is 1. The molecule has 0 amide bonds. The minimum atomic E-state index is -3.61. The summed E-state index contributed by atoms with van der Waals surface area (Å²) in [5, 5.41) is 0. The lowest BCUT2D eigenvalue weighted by atomic mass is 10.2. The molecule has 0 aliphatic rings. The molecule has 0 heterocycles. The molecule has 0 spiro atoms. The Hall–Kier alpha value is -1.57. The topological polar surface area (TPSA) is 90.7 Å². The highest BCUT2D eigenvalue weighted by atomic mass is 32.2. The van der Waals surface area contributed by atoms with E-state index in [0.29, 0.717) is 23.6 Å². The first-order valence-electron chi connectivity index (χ1n) is 6.03. The maximum Gasteiger partial charge on any atom is 0.241 e. The molecule has 0 saturated heterocycles. The number of hydrogen-bond donors (Lipinski definition) is 2. The van der Waals surface area contributed by atoms with Crippen molar-refractivity contribution in [2.24, 2.45) is 5.73 Å². The minimum absolute atomic E-state index is 0.163. The second-order valence-corrected chi connectivity index (χ2v) is 5.77. The average Bonchev–Trinajstić information content (AvgIpc) is 2.43. The maximum absolute atomic E-state index is 12.2. The molecular weight excluding hydrogens is 280 g/mol. The Bertz CT molecular complexity index is 582. The van der Waals surface area contributed by atoms with Crippen molar-refractivity contribution >= 4 is 10.0 Å². The highest BCUT2D eigenvalue weighted by molar-refractivity contribution is 7.89. The molecule has 112 valence electrons. The highest BCUT2D eigenvalue weighted by Gasteiger charge is 2.19. The van der Waals surface area contributed by atoms with Gasteiger partial charge in [0.05, 0.1) is 19.1 Å². The summed E-state index contributed by atoms with van der Waals surface area (Å²) >= 11 is 0. The van der Waals surface area contributed by atoms with Gasteiger partial charge >= 0.3 is 0 Å². The van der Waals surface area contributed by atoms with Gasteiger partial charge in [0.2, 0.25) is 10.0 Å². The molecule has 0 saturated carbocycles. The minimum Gasteiger partial charge on any atom is -0.493 e. The van der Waals surface area contributed by atoms with Gasteiger partial charge in [0.15, 0.2) is 11.5 Å². The van der Waals surface area contributed by atoms with Crippen LogP contribution in [0, 0.1) is 6.92 Å². The van der Waals surface area contributed by atoms with Crippen molar-refractivity contribution < 1.29 is 17.9 Å². The second kappa shape index (κ2) is 7.28. The standard InChI is InChI=1S/C13H20N2O4S/c1-10-8-11(18-2)12(19-3)9-13(10)20(16,17)15-7-5-4-6-14/h4-5,8-9,15H,6-7,14H2,1-3H3/b5-4+. The third-order valence-electron chi connectivity index (χ3n) is 2.66. The van der Waals surface area contributed by atoms with Crippen LogP contribution in [0.25, 0.3) is 0 Å². The Morgan fingerprint density at radius 2 is 1.80 bits per heavy atom. The van der Waals surface area contributed by atoms with Gasteiger partial charge in [-0.1, -0.05) is 12.2 Å². The molecule has 6 nitrogen and oxygen atoms in total. The van der Waals surface area contributed by atoms with Crippen molar-refractivity contribution in [1.29, 1.82) is 0 Å². The molecule has 20 heavy (non-hydrogen) atoms. The molecule has 0 aromatic heterocycles. The SMILES string of the molecule is COc1cc(C)c(S(=O)(=O)NC/C=C/CN)cc1OC. The summed E-state index contributed by atoms with van der Waals surface area (Å²) in [5.41, 5.74) is 5.87. The summed E-state index contributed by atoms with van der Waals surface area (Å²) in [6.07, 6.45) is 3.34. The van der Waals surface area contributed by atoms with Gasteiger partial charge in [-0.2, -0.15) is 0 Å². The third kappa shape index (κ3) is 3.96. The van der Waals surface area contributed by atoms with Gasteiger partial charge in [-0.25, -0.2) is 13.1 Å². The monoisotopic (exact) mass is 300 g/mol. The van der Waals surface area contributed by atoms with Crippen molar-refractivity contribution in [1.82, 2.24) is 4.72 Å². The number of nitrogens with one attached hydrogen (secondary N) is 1. The Morgan fingerprint density at radius 1 is 1.20 bits per heavy atom. The van der Waals surface area contributed by atoms with E-state index in [9.17, 15) is 8.42 Å². The number of hydrogen-bond acceptors (Lipinski definition) is 5. The first-order valence-corrected chi connectivity index (χ1v) is 7.52. The fraction of sp³-hybridized carbons (Fsp3) is 0.385. The van der Waals surface area contributed by atoms with Crippen molar-refractivity contribution in [3.63, 3.8) is 0 Å². The highest BCUT2D eigenvalue weighted by Crippen LogP contribution is 2.32.